The van der Waals surface area contributed by atoms with E-state index in [1.54, 1.807) is 12.1 Å². The lowest BCUT2D eigenvalue weighted by molar-refractivity contribution is 0.190. The van der Waals surface area contributed by atoms with Crippen molar-refractivity contribution >= 4 is 11.6 Å². The quantitative estimate of drug-likeness (QED) is 0.829. The molecule has 1 heterocycles. The Kier molecular flexibility index (Phi) is 3.46. The Balaban J connectivity index is 1.90. The van der Waals surface area contributed by atoms with Crippen LogP contribution in [0.5, 0.6) is 5.75 Å². The van der Waals surface area contributed by atoms with Crippen LogP contribution in [0.3, 0.4) is 0 Å². The van der Waals surface area contributed by atoms with Gasteiger partial charge in [0.15, 0.2) is 0 Å². The second-order valence-electron chi connectivity index (χ2n) is 3.73. The molecule has 1 fully saturated rings. The number of hydrogen-bond acceptors (Lipinski definition) is 3. The zero-order chi connectivity index (χ0) is 10.7. The van der Waals surface area contributed by atoms with E-state index >= 15 is 0 Å². The lowest BCUT2D eigenvalue weighted by Gasteiger charge is -2.10. The van der Waals surface area contributed by atoms with Gasteiger partial charge < -0.3 is 15.2 Å². The standard InChI is InChI=1S/C11H14ClNO2/c12-10-5-8(1-2-11(10)14)6-13-9-3-4-15-7-9/h1-2,5,9,13-14H,3-4,6-7H2. The molecule has 0 amide bonds. The van der Waals surface area contributed by atoms with Crippen LogP contribution in [0.2, 0.25) is 5.02 Å². The van der Waals surface area contributed by atoms with Crippen LogP contribution in [0.25, 0.3) is 0 Å². The van der Waals surface area contributed by atoms with Crippen molar-refractivity contribution in [3.63, 3.8) is 0 Å². The number of phenolic OH excluding ortho intramolecular Hbond substituents is 1. The normalized spacial score (nSPS) is 20.7. The highest BCUT2D eigenvalue weighted by Gasteiger charge is 2.14. The van der Waals surface area contributed by atoms with E-state index in [9.17, 15) is 5.11 Å². The van der Waals surface area contributed by atoms with E-state index in [2.05, 4.69) is 5.32 Å². The maximum absolute atomic E-state index is 9.25. The minimum atomic E-state index is 0.129. The largest absolute Gasteiger partial charge is 0.506 e. The van der Waals surface area contributed by atoms with Crippen LogP contribution in [-0.4, -0.2) is 24.4 Å². The van der Waals surface area contributed by atoms with E-state index in [0.717, 1.165) is 31.7 Å². The van der Waals surface area contributed by atoms with Crippen molar-refractivity contribution in [3.05, 3.63) is 28.8 Å². The van der Waals surface area contributed by atoms with E-state index < -0.39 is 0 Å². The van der Waals surface area contributed by atoms with Gasteiger partial charge in [-0.15, -0.1) is 0 Å². The number of rotatable bonds is 3. The van der Waals surface area contributed by atoms with Gasteiger partial charge in [0, 0.05) is 19.2 Å². The summed E-state index contributed by atoms with van der Waals surface area (Å²) in [6.45, 7) is 2.38. The topological polar surface area (TPSA) is 41.5 Å². The molecule has 1 aromatic carbocycles. The predicted molar refractivity (Wildman–Crippen MR) is 59.2 cm³/mol. The van der Waals surface area contributed by atoms with Gasteiger partial charge in [0.1, 0.15) is 5.75 Å². The molecule has 1 aromatic rings. The zero-order valence-corrected chi connectivity index (χ0v) is 9.13. The first-order valence-corrected chi connectivity index (χ1v) is 5.42. The second kappa shape index (κ2) is 4.84. The van der Waals surface area contributed by atoms with Crippen LogP contribution in [0.4, 0.5) is 0 Å². The van der Waals surface area contributed by atoms with E-state index in [1.807, 2.05) is 6.07 Å². The molecule has 82 valence electrons. The van der Waals surface area contributed by atoms with Gasteiger partial charge in [-0.2, -0.15) is 0 Å². The van der Waals surface area contributed by atoms with E-state index in [4.69, 9.17) is 16.3 Å². The summed E-state index contributed by atoms with van der Waals surface area (Å²) in [6, 6.07) is 5.70. The van der Waals surface area contributed by atoms with Crippen LogP contribution in [0, 0.1) is 0 Å². The van der Waals surface area contributed by atoms with Crippen molar-refractivity contribution in [2.75, 3.05) is 13.2 Å². The molecular formula is C11H14ClNO2. The van der Waals surface area contributed by atoms with E-state index in [1.165, 1.54) is 0 Å². The van der Waals surface area contributed by atoms with Gasteiger partial charge in [-0.3, -0.25) is 0 Å². The maximum Gasteiger partial charge on any atom is 0.134 e. The number of halogens is 1. The first-order chi connectivity index (χ1) is 7.25. The fraction of sp³-hybridized carbons (Fsp3) is 0.455. The number of phenols is 1. The molecule has 1 unspecified atom stereocenters. The van der Waals surface area contributed by atoms with Crippen LogP contribution in [-0.2, 0) is 11.3 Å². The zero-order valence-electron chi connectivity index (χ0n) is 8.37. The van der Waals surface area contributed by atoms with Crippen molar-refractivity contribution in [1.82, 2.24) is 5.32 Å². The minimum absolute atomic E-state index is 0.129. The van der Waals surface area contributed by atoms with Crippen molar-refractivity contribution in [2.45, 2.75) is 19.0 Å². The van der Waals surface area contributed by atoms with Gasteiger partial charge in [0.25, 0.3) is 0 Å². The third kappa shape index (κ3) is 2.84. The Labute approximate surface area is 94.0 Å². The molecule has 0 radical (unpaired) electrons. The fourth-order valence-electron chi connectivity index (χ4n) is 1.62. The molecule has 15 heavy (non-hydrogen) atoms. The van der Waals surface area contributed by atoms with Crippen LogP contribution in [0.15, 0.2) is 18.2 Å². The third-order valence-electron chi connectivity index (χ3n) is 2.54. The van der Waals surface area contributed by atoms with Crippen LogP contribution in [0.1, 0.15) is 12.0 Å². The lowest BCUT2D eigenvalue weighted by atomic mass is 10.2. The summed E-state index contributed by atoms with van der Waals surface area (Å²) >= 11 is 5.81. The third-order valence-corrected chi connectivity index (χ3v) is 2.84. The smallest absolute Gasteiger partial charge is 0.134 e. The maximum atomic E-state index is 9.25. The van der Waals surface area contributed by atoms with Gasteiger partial charge in [-0.05, 0) is 24.1 Å². The Bertz CT molecular complexity index is 337. The fourth-order valence-corrected chi connectivity index (χ4v) is 1.82. The Morgan fingerprint density at radius 3 is 3.07 bits per heavy atom. The molecule has 0 aliphatic carbocycles. The average molecular weight is 228 g/mol. The molecule has 4 heteroatoms. The summed E-state index contributed by atoms with van der Waals surface area (Å²) < 4.78 is 5.26. The summed E-state index contributed by atoms with van der Waals surface area (Å²) in [6.07, 6.45) is 1.06. The first kappa shape index (κ1) is 10.7. The van der Waals surface area contributed by atoms with Gasteiger partial charge >= 0.3 is 0 Å². The minimum Gasteiger partial charge on any atom is -0.506 e. The average Bonchev–Trinajstić information content (AvgIpc) is 2.73. The second-order valence-corrected chi connectivity index (χ2v) is 4.13. The van der Waals surface area contributed by atoms with Crippen molar-refractivity contribution in [2.24, 2.45) is 0 Å². The Morgan fingerprint density at radius 1 is 1.53 bits per heavy atom. The molecule has 3 nitrogen and oxygen atoms in total. The molecule has 2 rings (SSSR count). The molecular weight excluding hydrogens is 214 g/mol. The molecule has 2 N–H and O–H groups in total. The van der Waals surface area contributed by atoms with E-state index in [-0.39, 0.29) is 5.75 Å². The first-order valence-electron chi connectivity index (χ1n) is 5.04. The molecule has 1 saturated heterocycles. The van der Waals surface area contributed by atoms with Crippen molar-refractivity contribution in [1.29, 1.82) is 0 Å². The SMILES string of the molecule is Oc1ccc(CNC2CCOC2)cc1Cl. The molecule has 1 atom stereocenters. The van der Waals surface area contributed by atoms with Crippen molar-refractivity contribution in [3.8, 4) is 5.75 Å². The Hall–Kier alpha value is -0.770. The summed E-state index contributed by atoms with van der Waals surface area (Å²) in [5, 5.41) is 13.0. The molecule has 1 aliphatic rings. The molecule has 0 aromatic heterocycles. The van der Waals surface area contributed by atoms with E-state index in [0.29, 0.717) is 11.1 Å². The van der Waals surface area contributed by atoms with Crippen LogP contribution >= 0.6 is 11.6 Å². The molecule has 0 bridgehead atoms. The van der Waals surface area contributed by atoms with Crippen LogP contribution < -0.4 is 5.32 Å². The lowest BCUT2D eigenvalue weighted by Crippen LogP contribution is -2.28. The van der Waals surface area contributed by atoms with Gasteiger partial charge in [0.05, 0.1) is 11.6 Å². The molecule has 0 saturated carbocycles. The number of hydrogen-bond donors (Lipinski definition) is 2. The predicted octanol–water partition coefficient (Wildman–Crippen LogP) is 1.92. The van der Waals surface area contributed by atoms with Crippen molar-refractivity contribution < 1.29 is 9.84 Å². The summed E-state index contributed by atoms with van der Waals surface area (Å²) in [7, 11) is 0. The number of ether oxygens (including phenoxy) is 1. The monoisotopic (exact) mass is 227 g/mol. The highest BCUT2D eigenvalue weighted by molar-refractivity contribution is 6.32. The van der Waals surface area contributed by atoms with Gasteiger partial charge in [0.2, 0.25) is 0 Å². The number of nitrogens with one attached hydrogen (secondary N) is 1. The Morgan fingerprint density at radius 2 is 2.40 bits per heavy atom. The summed E-state index contributed by atoms with van der Waals surface area (Å²) in [5.74, 6) is 0.129. The summed E-state index contributed by atoms with van der Waals surface area (Å²) in [4.78, 5) is 0. The van der Waals surface area contributed by atoms with Gasteiger partial charge in [-0.25, -0.2) is 0 Å². The highest BCUT2D eigenvalue weighted by Crippen LogP contribution is 2.23. The summed E-state index contributed by atoms with van der Waals surface area (Å²) in [5.41, 5.74) is 1.07. The molecule has 0 spiro atoms. The van der Waals surface area contributed by atoms with Gasteiger partial charge in [-0.1, -0.05) is 17.7 Å². The highest BCUT2D eigenvalue weighted by atomic mass is 35.5. The number of benzene rings is 1. The number of aromatic hydroxyl groups is 1. The molecule has 1 aliphatic heterocycles.